The highest BCUT2D eigenvalue weighted by molar-refractivity contribution is 5.94. The molecule has 2 fully saturated rings. The van der Waals surface area contributed by atoms with Gasteiger partial charge in [-0.15, -0.1) is 0 Å². The molecule has 3 atom stereocenters. The Hall–Kier alpha value is -3.26. The van der Waals surface area contributed by atoms with Crippen LogP contribution in [0.1, 0.15) is 54.9 Å². The highest BCUT2D eigenvalue weighted by Gasteiger charge is 2.34. The minimum absolute atomic E-state index is 0.0372. The Morgan fingerprint density at radius 1 is 1.06 bits per heavy atom. The summed E-state index contributed by atoms with van der Waals surface area (Å²) >= 11 is 0. The predicted octanol–water partition coefficient (Wildman–Crippen LogP) is 3.93. The largest absolute Gasteiger partial charge is 0.493 e. The Bertz CT molecular complexity index is 1030. The molecule has 2 aromatic rings. The second-order valence-corrected chi connectivity index (χ2v) is 9.22. The molecule has 0 spiro atoms. The number of methoxy groups -OCH3 is 1. The number of benzene rings is 2. The molecule has 1 aliphatic heterocycles. The number of morpholine rings is 1. The third-order valence-electron chi connectivity index (χ3n) is 6.87. The summed E-state index contributed by atoms with van der Waals surface area (Å²) in [5.41, 5.74) is 2.73. The Morgan fingerprint density at radius 3 is 2.47 bits per heavy atom. The number of nitrogens with one attached hydrogen (secondary N) is 1. The maximum Gasteiger partial charge on any atom is 0.302 e. The molecule has 194 valence electrons. The number of hydrogen-bond donors (Lipinski definition) is 1. The molecule has 1 N–H and O–H groups in total. The lowest BCUT2D eigenvalue weighted by atomic mass is 9.78. The lowest BCUT2D eigenvalue weighted by Crippen LogP contribution is -2.44. The van der Waals surface area contributed by atoms with E-state index >= 15 is 0 Å². The molecule has 1 amide bonds. The van der Waals surface area contributed by atoms with Crippen molar-refractivity contribution >= 4 is 17.6 Å². The summed E-state index contributed by atoms with van der Waals surface area (Å²) in [5.74, 6) is 0.892. The SMILES string of the molecule is CCOc1cc(C2CC(OC(C)=O)CCC2NC(=O)c2ccc(N3CCOCC3)cc2)ccc1OC. The molecule has 8 heteroatoms. The third-order valence-corrected chi connectivity index (χ3v) is 6.87. The van der Waals surface area contributed by atoms with Crippen molar-refractivity contribution in [1.29, 1.82) is 0 Å². The number of rotatable bonds is 8. The van der Waals surface area contributed by atoms with Crippen LogP contribution in [0.15, 0.2) is 42.5 Å². The number of anilines is 1. The van der Waals surface area contributed by atoms with Crippen LogP contribution in [0.5, 0.6) is 11.5 Å². The van der Waals surface area contributed by atoms with Gasteiger partial charge in [0, 0.05) is 43.2 Å². The van der Waals surface area contributed by atoms with E-state index in [0.29, 0.717) is 42.9 Å². The van der Waals surface area contributed by atoms with Crippen molar-refractivity contribution in [2.75, 3.05) is 44.9 Å². The van der Waals surface area contributed by atoms with Crippen LogP contribution < -0.4 is 19.7 Å². The second-order valence-electron chi connectivity index (χ2n) is 9.22. The van der Waals surface area contributed by atoms with E-state index in [0.717, 1.165) is 37.6 Å². The Kier molecular flexibility index (Phi) is 8.70. The third kappa shape index (κ3) is 6.29. The van der Waals surface area contributed by atoms with Crippen molar-refractivity contribution in [2.45, 2.75) is 51.2 Å². The first kappa shape index (κ1) is 25.8. The fourth-order valence-electron chi connectivity index (χ4n) is 5.10. The van der Waals surface area contributed by atoms with Crippen LogP contribution in [0.2, 0.25) is 0 Å². The van der Waals surface area contributed by atoms with Crippen LogP contribution in [0.4, 0.5) is 5.69 Å². The molecule has 3 unspecified atom stereocenters. The first-order valence-corrected chi connectivity index (χ1v) is 12.7. The standard InChI is InChI=1S/C28H36N2O6/c1-4-35-27-17-21(7-12-26(27)33-3)24-18-23(36-19(2)31)10-11-25(24)29-28(32)20-5-8-22(9-6-20)30-13-15-34-16-14-30/h5-9,12,17,23-25H,4,10-11,13-16,18H2,1-3H3,(H,29,32). The van der Waals surface area contributed by atoms with E-state index in [9.17, 15) is 9.59 Å². The van der Waals surface area contributed by atoms with Gasteiger partial charge in [-0.05, 0) is 68.1 Å². The summed E-state index contributed by atoms with van der Waals surface area (Å²) in [4.78, 5) is 27.1. The molecular formula is C28H36N2O6. The molecule has 2 aromatic carbocycles. The van der Waals surface area contributed by atoms with Gasteiger partial charge >= 0.3 is 5.97 Å². The molecule has 1 heterocycles. The summed E-state index contributed by atoms with van der Waals surface area (Å²) in [6, 6.07) is 13.5. The number of carbonyl (C=O) groups is 2. The van der Waals surface area contributed by atoms with E-state index in [1.54, 1.807) is 7.11 Å². The van der Waals surface area contributed by atoms with Crippen molar-refractivity contribution in [2.24, 2.45) is 0 Å². The maximum atomic E-state index is 13.2. The molecule has 2 aliphatic rings. The molecule has 0 radical (unpaired) electrons. The van der Waals surface area contributed by atoms with Crippen molar-refractivity contribution in [1.82, 2.24) is 5.32 Å². The summed E-state index contributed by atoms with van der Waals surface area (Å²) in [6.45, 7) is 7.02. The quantitative estimate of drug-likeness (QED) is 0.554. The zero-order valence-corrected chi connectivity index (χ0v) is 21.3. The lowest BCUT2D eigenvalue weighted by Gasteiger charge is -2.36. The average Bonchev–Trinajstić information content (AvgIpc) is 2.90. The minimum atomic E-state index is -0.286. The maximum absolute atomic E-state index is 13.2. The number of carbonyl (C=O) groups excluding carboxylic acids is 2. The van der Waals surface area contributed by atoms with Gasteiger partial charge in [-0.3, -0.25) is 9.59 Å². The van der Waals surface area contributed by atoms with E-state index in [1.807, 2.05) is 49.4 Å². The van der Waals surface area contributed by atoms with E-state index in [4.69, 9.17) is 18.9 Å². The highest BCUT2D eigenvalue weighted by atomic mass is 16.5. The van der Waals surface area contributed by atoms with Gasteiger partial charge in [0.05, 0.1) is 26.9 Å². The molecule has 36 heavy (non-hydrogen) atoms. The zero-order valence-electron chi connectivity index (χ0n) is 21.3. The smallest absolute Gasteiger partial charge is 0.302 e. The van der Waals surface area contributed by atoms with Crippen molar-refractivity contribution in [3.63, 3.8) is 0 Å². The summed E-state index contributed by atoms with van der Waals surface area (Å²) < 4.78 is 22.2. The number of nitrogens with zero attached hydrogens (tertiary/aromatic N) is 1. The van der Waals surface area contributed by atoms with E-state index in [1.165, 1.54) is 6.92 Å². The molecule has 0 aromatic heterocycles. The monoisotopic (exact) mass is 496 g/mol. The Labute approximate surface area is 212 Å². The average molecular weight is 497 g/mol. The normalized spacial score (nSPS) is 22.0. The summed E-state index contributed by atoms with van der Waals surface area (Å²) in [5, 5.41) is 3.25. The van der Waals surface area contributed by atoms with Gasteiger partial charge in [-0.2, -0.15) is 0 Å². The molecule has 1 aliphatic carbocycles. The highest BCUT2D eigenvalue weighted by Crippen LogP contribution is 2.39. The fourth-order valence-corrected chi connectivity index (χ4v) is 5.10. The fraction of sp³-hybridized carbons (Fsp3) is 0.500. The number of hydrogen-bond acceptors (Lipinski definition) is 7. The molecule has 0 bridgehead atoms. The van der Waals surface area contributed by atoms with Crippen LogP contribution in [-0.2, 0) is 14.3 Å². The van der Waals surface area contributed by atoms with Crippen molar-refractivity contribution in [3.8, 4) is 11.5 Å². The van der Waals surface area contributed by atoms with E-state index in [2.05, 4.69) is 10.2 Å². The summed E-state index contributed by atoms with van der Waals surface area (Å²) in [6.07, 6.45) is 1.84. The molecule has 4 rings (SSSR count). The topological polar surface area (TPSA) is 86.3 Å². The minimum Gasteiger partial charge on any atom is -0.493 e. The van der Waals surface area contributed by atoms with Gasteiger partial charge in [0.15, 0.2) is 11.5 Å². The van der Waals surface area contributed by atoms with Crippen molar-refractivity contribution < 1.29 is 28.5 Å². The predicted molar refractivity (Wildman–Crippen MR) is 137 cm³/mol. The van der Waals surface area contributed by atoms with Gasteiger partial charge in [-0.25, -0.2) is 0 Å². The van der Waals surface area contributed by atoms with Crippen LogP contribution in [0, 0.1) is 0 Å². The first-order valence-electron chi connectivity index (χ1n) is 12.7. The lowest BCUT2D eigenvalue weighted by molar-refractivity contribution is -0.148. The van der Waals surface area contributed by atoms with Crippen LogP contribution >= 0.6 is 0 Å². The van der Waals surface area contributed by atoms with Gasteiger partial charge in [-0.1, -0.05) is 6.07 Å². The summed E-state index contributed by atoms with van der Waals surface area (Å²) in [7, 11) is 1.61. The van der Waals surface area contributed by atoms with Gasteiger partial charge < -0.3 is 29.2 Å². The van der Waals surface area contributed by atoms with Gasteiger partial charge in [0.2, 0.25) is 0 Å². The number of ether oxygens (including phenoxy) is 4. The molecular weight excluding hydrogens is 460 g/mol. The van der Waals surface area contributed by atoms with Crippen molar-refractivity contribution in [3.05, 3.63) is 53.6 Å². The zero-order chi connectivity index (χ0) is 25.5. The molecule has 1 saturated heterocycles. The van der Waals surface area contributed by atoms with Crippen LogP contribution in [-0.4, -0.2) is 64.0 Å². The van der Waals surface area contributed by atoms with E-state index < -0.39 is 0 Å². The second kappa shape index (κ2) is 12.1. The number of esters is 1. The molecule has 1 saturated carbocycles. The number of amides is 1. The Morgan fingerprint density at radius 2 is 1.81 bits per heavy atom. The van der Waals surface area contributed by atoms with Crippen LogP contribution in [0.3, 0.4) is 0 Å². The molecule has 8 nitrogen and oxygen atoms in total. The van der Waals surface area contributed by atoms with Gasteiger partial charge in [0.25, 0.3) is 5.91 Å². The van der Waals surface area contributed by atoms with Crippen LogP contribution in [0.25, 0.3) is 0 Å². The first-order chi connectivity index (χ1) is 17.5. The van der Waals surface area contributed by atoms with E-state index in [-0.39, 0.29) is 29.9 Å². The van der Waals surface area contributed by atoms with Gasteiger partial charge in [0.1, 0.15) is 6.10 Å². The Balaban J connectivity index is 1.52.